The lowest BCUT2D eigenvalue weighted by Gasteiger charge is -2.24. The molecule has 0 spiro atoms. The molecule has 1 N–H and O–H groups in total. The second-order valence-corrected chi connectivity index (χ2v) is 5.15. The highest BCUT2D eigenvalue weighted by molar-refractivity contribution is 5.74. The molecule has 0 unspecified atom stereocenters. The van der Waals surface area contributed by atoms with Gasteiger partial charge in [0.25, 0.3) is 5.95 Å². The molecule has 1 aromatic heterocycles. The van der Waals surface area contributed by atoms with Gasteiger partial charge in [-0.25, -0.2) is 0 Å². The fraction of sp³-hybridized carbons (Fsp3) is 0.769. The maximum atomic E-state index is 11.5. The summed E-state index contributed by atoms with van der Waals surface area (Å²) in [7, 11) is 0. The van der Waals surface area contributed by atoms with Gasteiger partial charge < -0.3 is 14.5 Å². The van der Waals surface area contributed by atoms with Crippen molar-refractivity contribution in [2.75, 3.05) is 18.0 Å². The number of aliphatic carboxylic acids is 1. The van der Waals surface area contributed by atoms with Gasteiger partial charge in [0.2, 0.25) is 5.89 Å². The Morgan fingerprint density at radius 2 is 2.00 bits per heavy atom. The summed E-state index contributed by atoms with van der Waals surface area (Å²) in [5.74, 6) is 0.227. The van der Waals surface area contributed by atoms with Crippen LogP contribution in [0.15, 0.2) is 4.52 Å². The standard InChI is InChI=1S/C13H21N3O3/c1-3-13(4-2,11(17)18)9-10-14-12(15-19-10)16-7-5-6-8-16/h3-9H2,1-2H3,(H,17,18). The number of nitrogens with zero attached hydrogens (tertiary/aromatic N) is 3. The smallest absolute Gasteiger partial charge is 0.310 e. The van der Waals surface area contributed by atoms with E-state index in [0.717, 1.165) is 25.9 Å². The largest absolute Gasteiger partial charge is 0.481 e. The Hall–Kier alpha value is -1.59. The zero-order valence-electron chi connectivity index (χ0n) is 11.6. The quantitative estimate of drug-likeness (QED) is 0.850. The molecule has 1 aliphatic heterocycles. The van der Waals surface area contributed by atoms with E-state index in [4.69, 9.17) is 4.52 Å². The number of aromatic nitrogens is 2. The van der Waals surface area contributed by atoms with Crippen molar-refractivity contribution in [3.05, 3.63) is 5.89 Å². The summed E-state index contributed by atoms with van der Waals surface area (Å²) in [5.41, 5.74) is -0.797. The topological polar surface area (TPSA) is 79.5 Å². The van der Waals surface area contributed by atoms with Crippen LogP contribution in [0.4, 0.5) is 5.95 Å². The molecule has 19 heavy (non-hydrogen) atoms. The van der Waals surface area contributed by atoms with Crippen LogP contribution in [-0.2, 0) is 11.2 Å². The van der Waals surface area contributed by atoms with E-state index >= 15 is 0 Å². The number of anilines is 1. The Morgan fingerprint density at radius 1 is 1.37 bits per heavy atom. The van der Waals surface area contributed by atoms with Gasteiger partial charge in [0.05, 0.1) is 5.41 Å². The van der Waals surface area contributed by atoms with Gasteiger partial charge in [0.1, 0.15) is 0 Å². The fourth-order valence-corrected chi connectivity index (χ4v) is 2.53. The summed E-state index contributed by atoms with van der Waals surface area (Å²) in [4.78, 5) is 17.9. The molecule has 0 radical (unpaired) electrons. The first-order chi connectivity index (χ1) is 9.11. The summed E-state index contributed by atoms with van der Waals surface area (Å²) in [6.45, 7) is 5.67. The summed E-state index contributed by atoms with van der Waals surface area (Å²) in [6, 6.07) is 0. The molecule has 0 bridgehead atoms. The van der Waals surface area contributed by atoms with E-state index in [1.807, 2.05) is 13.8 Å². The molecule has 2 heterocycles. The third-order valence-corrected chi connectivity index (χ3v) is 4.14. The van der Waals surface area contributed by atoms with Gasteiger partial charge in [-0.15, -0.1) is 0 Å². The van der Waals surface area contributed by atoms with Crippen LogP contribution < -0.4 is 4.90 Å². The van der Waals surface area contributed by atoms with Gasteiger partial charge in [-0.3, -0.25) is 4.79 Å². The van der Waals surface area contributed by atoms with Crippen LogP contribution >= 0.6 is 0 Å². The van der Waals surface area contributed by atoms with Crippen molar-refractivity contribution in [2.24, 2.45) is 5.41 Å². The highest BCUT2D eigenvalue weighted by Crippen LogP contribution is 2.31. The van der Waals surface area contributed by atoms with E-state index in [9.17, 15) is 9.90 Å². The fourth-order valence-electron chi connectivity index (χ4n) is 2.53. The normalized spacial score (nSPS) is 16.0. The molecule has 0 aromatic carbocycles. The SMILES string of the molecule is CCC(CC)(Cc1nc(N2CCCC2)no1)C(=O)O. The maximum absolute atomic E-state index is 11.5. The second-order valence-electron chi connectivity index (χ2n) is 5.15. The molecule has 1 fully saturated rings. The lowest BCUT2D eigenvalue weighted by atomic mass is 9.79. The number of carboxylic acid groups (broad SMARTS) is 1. The minimum absolute atomic E-state index is 0.302. The summed E-state index contributed by atoms with van der Waals surface area (Å²) >= 11 is 0. The van der Waals surface area contributed by atoms with E-state index in [2.05, 4.69) is 15.0 Å². The molecule has 0 amide bonds. The predicted molar refractivity (Wildman–Crippen MR) is 70.1 cm³/mol. The van der Waals surface area contributed by atoms with Gasteiger partial charge in [-0.05, 0) is 30.8 Å². The minimum atomic E-state index is -0.797. The van der Waals surface area contributed by atoms with E-state index in [0.29, 0.717) is 31.1 Å². The van der Waals surface area contributed by atoms with E-state index in [-0.39, 0.29) is 0 Å². The average molecular weight is 267 g/mol. The van der Waals surface area contributed by atoms with Gasteiger partial charge >= 0.3 is 5.97 Å². The number of rotatable bonds is 6. The maximum Gasteiger partial charge on any atom is 0.310 e. The first-order valence-corrected chi connectivity index (χ1v) is 6.92. The number of carbonyl (C=O) groups is 1. The lowest BCUT2D eigenvalue weighted by molar-refractivity contribution is -0.149. The van der Waals surface area contributed by atoms with Crippen molar-refractivity contribution in [3.8, 4) is 0 Å². The molecule has 0 saturated carbocycles. The van der Waals surface area contributed by atoms with Crippen molar-refractivity contribution in [2.45, 2.75) is 46.0 Å². The number of hydrogen-bond acceptors (Lipinski definition) is 5. The second kappa shape index (κ2) is 5.59. The van der Waals surface area contributed by atoms with Crippen molar-refractivity contribution in [1.82, 2.24) is 10.1 Å². The van der Waals surface area contributed by atoms with Crippen molar-refractivity contribution >= 4 is 11.9 Å². The molecule has 1 aliphatic rings. The monoisotopic (exact) mass is 267 g/mol. The third-order valence-electron chi connectivity index (χ3n) is 4.14. The Morgan fingerprint density at radius 3 is 2.53 bits per heavy atom. The Bertz CT molecular complexity index is 434. The molecule has 1 aromatic rings. The number of hydrogen-bond donors (Lipinski definition) is 1. The molecule has 0 atom stereocenters. The summed E-state index contributed by atoms with van der Waals surface area (Å²) in [5, 5.41) is 13.4. The highest BCUT2D eigenvalue weighted by Gasteiger charge is 2.37. The zero-order valence-corrected chi connectivity index (χ0v) is 11.6. The van der Waals surface area contributed by atoms with E-state index in [1.165, 1.54) is 0 Å². The minimum Gasteiger partial charge on any atom is -0.481 e. The highest BCUT2D eigenvalue weighted by atomic mass is 16.5. The molecule has 2 rings (SSSR count). The van der Waals surface area contributed by atoms with E-state index in [1.54, 1.807) is 0 Å². The zero-order chi connectivity index (χ0) is 13.9. The van der Waals surface area contributed by atoms with Gasteiger partial charge in [0.15, 0.2) is 0 Å². The molecular formula is C13H21N3O3. The molecule has 0 aliphatic carbocycles. The van der Waals surface area contributed by atoms with Crippen LogP contribution in [0.1, 0.15) is 45.4 Å². The van der Waals surface area contributed by atoms with Crippen LogP contribution in [0, 0.1) is 5.41 Å². The summed E-state index contributed by atoms with van der Waals surface area (Å²) < 4.78 is 5.22. The van der Waals surface area contributed by atoms with Gasteiger partial charge in [0, 0.05) is 19.5 Å². The molecule has 6 nitrogen and oxygen atoms in total. The van der Waals surface area contributed by atoms with Crippen molar-refractivity contribution in [1.29, 1.82) is 0 Å². The van der Waals surface area contributed by atoms with Crippen molar-refractivity contribution in [3.63, 3.8) is 0 Å². The molecule has 1 saturated heterocycles. The Balaban J connectivity index is 2.11. The van der Waals surface area contributed by atoms with Gasteiger partial charge in [-0.2, -0.15) is 4.98 Å². The van der Waals surface area contributed by atoms with Crippen LogP contribution in [0.25, 0.3) is 0 Å². The number of carboxylic acids is 1. The molecular weight excluding hydrogens is 246 g/mol. The van der Waals surface area contributed by atoms with E-state index < -0.39 is 11.4 Å². The molecule has 6 heteroatoms. The first-order valence-electron chi connectivity index (χ1n) is 6.92. The van der Waals surface area contributed by atoms with Crippen LogP contribution in [-0.4, -0.2) is 34.3 Å². The van der Waals surface area contributed by atoms with Crippen LogP contribution in [0.5, 0.6) is 0 Å². The van der Waals surface area contributed by atoms with Crippen LogP contribution in [0.3, 0.4) is 0 Å². The molecule has 106 valence electrons. The average Bonchev–Trinajstić information content (AvgIpc) is 3.06. The summed E-state index contributed by atoms with van der Waals surface area (Å²) in [6.07, 6.45) is 3.70. The first kappa shape index (κ1) is 13.8. The van der Waals surface area contributed by atoms with Crippen LogP contribution in [0.2, 0.25) is 0 Å². The lowest BCUT2D eigenvalue weighted by Crippen LogP contribution is -2.32. The Labute approximate surface area is 112 Å². The Kier molecular flexibility index (Phi) is 4.07. The van der Waals surface area contributed by atoms with Crippen molar-refractivity contribution < 1.29 is 14.4 Å². The third kappa shape index (κ3) is 2.72. The predicted octanol–water partition coefficient (Wildman–Crippen LogP) is 2.10. The van der Waals surface area contributed by atoms with Gasteiger partial charge in [-0.1, -0.05) is 13.8 Å².